The van der Waals surface area contributed by atoms with Crippen LogP contribution in [0.3, 0.4) is 0 Å². The minimum atomic E-state index is -0.186. The van der Waals surface area contributed by atoms with Crippen molar-refractivity contribution in [2.45, 2.75) is 12.3 Å². The standard InChI is InChI=1S/C16H16FNO/c1-19-15-6-7-16-12(9-15)8-13(10-18-16)11-2-4-14(17)5-3-11/h2-7,9,13,18H,8,10H2,1H3. The van der Waals surface area contributed by atoms with Crippen molar-refractivity contribution in [1.82, 2.24) is 0 Å². The van der Waals surface area contributed by atoms with Gasteiger partial charge in [0.25, 0.3) is 0 Å². The van der Waals surface area contributed by atoms with E-state index in [1.807, 2.05) is 18.2 Å². The second-order valence-corrected chi connectivity index (χ2v) is 4.86. The number of halogens is 1. The van der Waals surface area contributed by atoms with Crippen LogP contribution in [0.5, 0.6) is 5.75 Å². The molecule has 0 saturated carbocycles. The van der Waals surface area contributed by atoms with Crippen LogP contribution in [0, 0.1) is 5.82 Å². The molecule has 3 rings (SSSR count). The third-order valence-corrected chi connectivity index (χ3v) is 3.66. The van der Waals surface area contributed by atoms with Crippen molar-refractivity contribution >= 4 is 5.69 Å². The van der Waals surface area contributed by atoms with Crippen molar-refractivity contribution < 1.29 is 9.13 Å². The second-order valence-electron chi connectivity index (χ2n) is 4.86. The van der Waals surface area contributed by atoms with Gasteiger partial charge in [-0.05, 0) is 47.9 Å². The topological polar surface area (TPSA) is 21.3 Å². The van der Waals surface area contributed by atoms with E-state index in [1.54, 1.807) is 7.11 Å². The number of hydrogen-bond acceptors (Lipinski definition) is 2. The molecular formula is C16H16FNO. The Morgan fingerprint density at radius 1 is 1.16 bits per heavy atom. The Morgan fingerprint density at radius 3 is 2.68 bits per heavy atom. The first kappa shape index (κ1) is 12.0. The number of nitrogens with one attached hydrogen (secondary N) is 1. The number of ether oxygens (including phenoxy) is 1. The van der Waals surface area contributed by atoms with E-state index in [0.29, 0.717) is 5.92 Å². The minimum absolute atomic E-state index is 0.186. The van der Waals surface area contributed by atoms with E-state index in [4.69, 9.17) is 4.74 Å². The van der Waals surface area contributed by atoms with Crippen LogP contribution in [0.15, 0.2) is 42.5 Å². The third-order valence-electron chi connectivity index (χ3n) is 3.66. The van der Waals surface area contributed by atoms with Gasteiger partial charge in [-0.15, -0.1) is 0 Å². The van der Waals surface area contributed by atoms with Gasteiger partial charge in [0.05, 0.1) is 7.11 Å². The summed E-state index contributed by atoms with van der Waals surface area (Å²) in [4.78, 5) is 0. The van der Waals surface area contributed by atoms with Crippen LogP contribution in [-0.4, -0.2) is 13.7 Å². The van der Waals surface area contributed by atoms with Gasteiger partial charge in [-0.1, -0.05) is 12.1 Å². The van der Waals surface area contributed by atoms with E-state index in [0.717, 1.165) is 18.7 Å². The summed E-state index contributed by atoms with van der Waals surface area (Å²) >= 11 is 0. The SMILES string of the molecule is COc1ccc2c(c1)CC(c1ccc(F)cc1)CN2. The number of anilines is 1. The molecule has 0 aliphatic carbocycles. The van der Waals surface area contributed by atoms with Gasteiger partial charge >= 0.3 is 0 Å². The summed E-state index contributed by atoms with van der Waals surface area (Å²) < 4.78 is 18.2. The zero-order chi connectivity index (χ0) is 13.2. The van der Waals surface area contributed by atoms with Gasteiger partial charge in [0.1, 0.15) is 11.6 Å². The molecule has 2 aromatic rings. The molecule has 1 unspecified atom stereocenters. The average molecular weight is 257 g/mol. The van der Waals surface area contributed by atoms with Gasteiger partial charge < -0.3 is 10.1 Å². The number of benzene rings is 2. The first-order valence-corrected chi connectivity index (χ1v) is 6.42. The van der Waals surface area contributed by atoms with Gasteiger partial charge in [-0.3, -0.25) is 0 Å². The van der Waals surface area contributed by atoms with Gasteiger partial charge in [0.15, 0.2) is 0 Å². The summed E-state index contributed by atoms with van der Waals surface area (Å²) in [6, 6.07) is 12.9. The van der Waals surface area contributed by atoms with Crippen molar-refractivity contribution in [3.63, 3.8) is 0 Å². The molecule has 1 N–H and O–H groups in total. The quantitative estimate of drug-likeness (QED) is 0.887. The first-order chi connectivity index (χ1) is 9.26. The molecule has 0 fully saturated rings. The lowest BCUT2D eigenvalue weighted by atomic mass is 9.88. The molecule has 98 valence electrons. The van der Waals surface area contributed by atoms with Crippen molar-refractivity contribution in [3.8, 4) is 5.75 Å². The number of hydrogen-bond donors (Lipinski definition) is 1. The molecule has 2 nitrogen and oxygen atoms in total. The third kappa shape index (κ3) is 2.41. The fourth-order valence-corrected chi connectivity index (χ4v) is 2.58. The van der Waals surface area contributed by atoms with Gasteiger partial charge in [0.2, 0.25) is 0 Å². The normalized spacial score (nSPS) is 17.5. The largest absolute Gasteiger partial charge is 0.497 e. The predicted molar refractivity (Wildman–Crippen MR) is 74.3 cm³/mol. The Labute approximate surface area is 112 Å². The molecule has 0 amide bonds. The molecular weight excluding hydrogens is 241 g/mol. The Kier molecular flexibility index (Phi) is 3.11. The maximum absolute atomic E-state index is 13.0. The van der Waals surface area contributed by atoms with Crippen molar-refractivity contribution in [2.75, 3.05) is 19.0 Å². The fourth-order valence-electron chi connectivity index (χ4n) is 2.58. The number of fused-ring (bicyclic) bond motifs is 1. The summed E-state index contributed by atoms with van der Waals surface area (Å²) in [5, 5.41) is 3.43. The summed E-state index contributed by atoms with van der Waals surface area (Å²) in [5.41, 5.74) is 3.58. The monoisotopic (exact) mass is 257 g/mol. The Hall–Kier alpha value is -2.03. The highest BCUT2D eigenvalue weighted by molar-refractivity contribution is 5.57. The Morgan fingerprint density at radius 2 is 1.95 bits per heavy atom. The van der Waals surface area contributed by atoms with Crippen LogP contribution in [-0.2, 0) is 6.42 Å². The lowest BCUT2D eigenvalue weighted by molar-refractivity contribution is 0.414. The van der Waals surface area contributed by atoms with E-state index >= 15 is 0 Å². The van der Waals surface area contributed by atoms with E-state index in [1.165, 1.54) is 28.9 Å². The second kappa shape index (κ2) is 4.92. The molecule has 0 aromatic heterocycles. The van der Waals surface area contributed by atoms with Crippen LogP contribution < -0.4 is 10.1 Å². The minimum Gasteiger partial charge on any atom is -0.497 e. The van der Waals surface area contributed by atoms with Crippen LogP contribution >= 0.6 is 0 Å². The molecule has 0 bridgehead atoms. The molecule has 3 heteroatoms. The fraction of sp³-hybridized carbons (Fsp3) is 0.250. The molecule has 1 aliphatic rings. The molecule has 1 atom stereocenters. The Balaban J connectivity index is 1.86. The van der Waals surface area contributed by atoms with Gasteiger partial charge in [0, 0.05) is 18.2 Å². The lowest BCUT2D eigenvalue weighted by Gasteiger charge is -2.27. The smallest absolute Gasteiger partial charge is 0.123 e. The summed E-state index contributed by atoms with van der Waals surface area (Å²) in [5.74, 6) is 1.06. The number of rotatable bonds is 2. The van der Waals surface area contributed by atoms with Gasteiger partial charge in [-0.2, -0.15) is 0 Å². The average Bonchev–Trinajstić information content (AvgIpc) is 2.47. The molecule has 1 heterocycles. The molecule has 0 saturated heterocycles. The molecule has 0 radical (unpaired) electrons. The highest BCUT2D eigenvalue weighted by atomic mass is 19.1. The van der Waals surface area contributed by atoms with Crippen molar-refractivity contribution in [2.24, 2.45) is 0 Å². The maximum Gasteiger partial charge on any atom is 0.123 e. The number of methoxy groups -OCH3 is 1. The zero-order valence-corrected chi connectivity index (χ0v) is 10.8. The predicted octanol–water partition coefficient (Wildman–Crippen LogP) is 3.59. The Bertz CT molecular complexity index is 580. The molecule has 1 aliphatic heterocycles. The van der Waals surface area contributed by atoms with Crippen LogP contribution in [0.4, 0.5) is 10.1 Å². The summed E-state index contributed by atoms with van der Waals surface area (Å²) in [6.07, 6.45) is 0.950. The molecule has 2 aromatic carbocycles. The van der Waals surface area contributed by atoms with E-state index in [9.17, 15) is 4.39 Å². The van der Waals surface area contributed by atoms with E-state index in [-0.39, 0.29) is 5.82 Å². The van der Waals surface area contributed by atoms with Gasteiger partial charge in [-0.25, -0.2) is 4.39 Å². The van der Waals surface area contributed by atoms with Crippen LogP contribution in [0.1, 0.15) is 17.0 Å². The van der Waals surface area contributed by atoms with E-state index < -0.39 is 0 Å². The van der Waals surface area contributed by atoms with Crippen molar-refractivity contribution in [3.05, 3.63) is 59.4 Å². The highest BCUT2D eigenvalue weighted by Gasteiger charge is 2.20. The van der Waals surface area contributed by atoms with Crippen molar-refractivity contribution in [1.29, 1.82) is 0 Å². The lowest BCUT2D eigenvalue weighted by Crippen LogP contribution is -2.21. The molecule has 19 heavy (non-hydrogen) atoms. The first-order valence-electron chi connectivity index (χ1n) is 6.42. The summed E-state index contributed by atoms with van der Waals surface area (Å²) in [6.45, 7) is 0.880. The molecule has 0 spiro atoms. The highest BCUT2D eigenvalue weighted by Crippen LogP contribution is 2.32. The van der Waals surface area contributed by atoms with Crippen LogP contribution in [0.2, 0.25) is 0 Å². The maximum atomic E-state index is 13.0. The summed E-state index contributed by atoms with van der Waals surface area (Å²) in [7, 11) is 1.68. The van der Waals surface area contributed by atoms with Crippen LogP contribution in [0.25, 0.3) is 0 Å². The van der Waals surface area contributed by atoms with E-state index in [2.05, 4.69) is 17.4 Å². The zero-order valence-electron chi connectivity index (χ0n) is 10.8.